The zero-order valence-corrected chi connectivity index (χ0v) is 9.18. The van der Waals surface area contributed by atoms with Crippen LogP contribution in [-0.4, -0.2) is 29.4 Å². The van der Waals surface area contributed by atoms with Crippen molar-refractivity contribution in [3.8, 4) is 0 Å². The summed E-state index contributed by atoms with van der Waals surface area (Å²) in [6.07, 6.45) is -2.94. The molecule has 0 bridgehead atoms. The fraction of sp³-hybridized carbons (Fsp3) is 0.364. The van der Waals surface area contributed by atoms with E-state index in [2.05, 4.69) is 4.74 Å². The van der Waals surface area contributed by atoms with Crippen LogP contribution in [0.15, 0.2) is 18.2 Å². The minimum Gasteiger partial charge on any atom is -0.467 e. The van der Waals surface area contributed by atoms with Gasteiger partial charge in [-0.25, -0.2) is 4.79 Å². The Kier molecular flexibility index (Phi) is 3.87. The molecule has 16 heavy (non-hydrogen) atoms. The van der Waals surface area contributed by atoms with Crippen molar-refractivity contribution in [2.45, 2.75) is 19.1 Å². The number of nitrogens with two attached hydrogens (primary N) is 1. The first-order valence-corrected chi connectivity index (χ1v) is 4.77. The Morgan fingerprint density at radius 2 is 2.06 bits per heavy atom. The van der Waals surface area contributed by atoms with Crippen LogP contribution in [0.4, 0.5) is 5.69 Å². The van der Waals surface area contributed by atoms with Crippen molar-refractivity contribution in [1.29, 1.82) is 0 Å². The van der Waals surface area contributed by atoms with Gasteiger partial charge in [0.2, 0.25) is 0 Å². The second-order valence-corrected chi connectivity index (χ2v) is 3.53. The normalized spacial score (nSPS) is 14.2. The number of rotatable bonds is 3. The van der Waals surface area contributed by atoms with E-state index >= 15 is 0 Å². The van der Waals surface area contributed by atoms with Gasteiger partial charge >= 0.3 is 5.97 Å². The standard InChI is InChI=1S/C11H15NO4/c1-6-3-4-7(12)5-8(6)9(13)10(14)11(15)16-2/h3-5,9-10,13-14H,12H2,1-2H3. The van der Waals surface area contributed by atoms with Crippen LogP contribution in [0.1, 0.15) is 17.2 Å². The minimum absolute atomic E-state index is 0.415. The molecule has 1 rings (SSSR count). The summed E-state index contributed by atoms with van der Waals surface area (Å²) in [6.45, 7) is 1.75. The van der Waals surface area contributed by atoms with Gasteiger partial charge in [-0.1, -0.05) is 6.07 Å². The van der Waals surface area contributed by atoms with E-state index in [1.165, 1.54) is 6.07 Å². The zero-order chi connectivity index (χ0) is 12.3. The first-order chi connectivity index (χ1) is 7.47. The maximum Gasteiger partial charge on any atom is 0.337 e. The Hall–Kier alpha value is -1.59. The summed E-state index contributed by atoms with van der Waals surface area (Å²) >= 11 is 0. The lowest BCUT2D eigenvalue weighted by Gasteiger charge is -2.18. The number of hydrogen-bond donors (Lipinski definition) is 3. The number of ether oxygens (including phenoxy) is 1. The molecule has 2 atom stereocenters. The number of hydrogen-bond acceptors (Lipinski definition) is 5. The molecule has 88 valence electrons. The summed E-state index contributed by atoms with van der Waals surface area (Å²) in [5, 5.41) is 19.3. The summed E-state index contributed by atoms with van der Waals surface area (Å²) in [4.78, 5) is 11.1. The van der Waals surface area contributed by atoms with Crippen LogP contribution in [0.25, 0.3) is 0 Å². The first kappa shape index (κ1) is 12.5. The van der Waals surface area contributed by atoms with Gasteiger partial charge in [0.1, 0.15) is 6.10 Å². The molecule has 5 nitrogen and oxygen atoms in total. The average molecular weight is 225 g/mol. The zero-order valence-electron chi connectivity index (χ0n) is 9.18. The van der Waals surface area contributed by atoms with Crippen LogP contribution in [0.3, 0.4) is 0 Å². The molecule has 0 aliphatic rings. The molecule has 0 aliphatic heterocycles. The average Bonchev–Trinajstić information content (AvgIpc) is 2.29. The van der Waals surface area contributed by atoms with Crippen molar-refractivity contribution >= 4 is 11.7 Å². The van der Waals surface area contributed by atoms with E-state index in [0.717, 1.165) is 12.7 Å². The highest BCUT2D eigenvalue weighted by atomic mass is 16.5. The predicted molar refractivity (Wildman–Crippen MR) is 58.6 cm³/mol. The maximum absolute atomic E-state index is 11.1. The molecule has 0 fully saturated rings. The van der Waals surface area contributed by atoms with E-state index in [0.29, 0.717) is 11.3 Å². The monoisotopic (exact) mass is 225 g/mol. The molecule has 0 heterocycles. The summed E-state index contributed by atoms with van der Waals surface area (Å²) in [5.41, 5.74) is 7.18. The number of carbonyl (C=O) groups excluding carboxylic acids is 1. The Morgan fingerprint density at radius 1 is 1.44 bits per heavy atom. The molecule has 0 spiro atoms. The van der Waals surface area contributed by atoms with Crippen LogP contribution >= 0.6 is 0 Å². The van der Waals surface area contributed by atoms with Crippen LogP contribution in [0.2, 0.25) is 0 Å². The van der Waals surface area contributed by atoms with Crippen LogP contribution in [0.5, 0.6) is 0 Å². The maximum atomic E-state index is 11.1. The Labute approximate surface area is 93.5 Å². The van der Waals surface area contributed by atoms with E-state index in [9.17, 15) is 15.0 Å². The van der Waals surface area contributed by atoms with E-state index in [4.69, 9.17) is 5.73 Å². The lowest BCUT2D eigenvalue weighted by Crippen LogP contribution is -2.29. The van der Waals surface area contributed by atoms with Crippen molar-refractivity contribution in [2.24, 2.45) is 0 Å². The molecular formula is C11H15NO4. The van der Waals surface area contributed by atoms with Crippen molar-refractivity contribution in [3.63, 3.8) is 0 Å². The van der Waals surface area contributed by atoms with Crippen molar-refractivity contribution < 1.29 is 19.7 Å². The number of benzene rings is 1. The number of nitrogen functional groups attached to an aromatic ring is 1. The molecule has 0 saturated heterocycles. The second kappa shape index (κ2) is 4.96. The highest BCUT2D eigenvalue weighted by Gasteiger charge is 2.27. The molecule has 4 N–H and O–H groups in total. The molecule has 5 heteroatoms. The number of aliphatic hydroxyl groups is 2. The largest absolute Gasteiger partial charge is 0.467 e. The van der Waals surface area contributed by atoms with Gasteiger partial charge in [0.15, 0.2) is 6.10 Å². The number of anilines is 1. The molecule has 0 aromatic heterocycles. The smallest absolute Gasteiger partial charge is 0.337 e. The fourth-order valence-corrected chi connectivity index (χ4v) is 1.40. The van der Waals surface area contributed by atoms with Gasteiger partial charge in [0.25, 0.3) is 0 Å². The number of carbonyl (C=O) groups is 1. The van der Waals surface area contributed by atoms with Crippen LogP contribution in [-0.2, 0) is 9.53 Å². The van der Waals surface area contributed by atoms with Gasteiger partial charge in [-0.2, -0.15) is 0 Å². The van der Waals surface area contributed by atoms with Crippen LogP contribution in [0, 0.1) is 6.92 Å². The topological polar surface area (TPSA) is 92.8 Å². The molecular weight excluding hydrogens is 210 g/mol. The third kappa shape index (κ3) is 2.50. The third-order valence-electron chi connectivity index (χ3n) is 2.36. The molecule has 0 radical (unpaired) electrons. The number of aliphatic hydroxyl groups excluding tert-OH is 2. The van der Waals surface area contributed by atoms with E-state index < -0.39 is 18.2 Å². The number of aryl methyl sites for hydroxylation is 1. The molecule has 0 saturated carbocycles. The first-order valence-electron chi connectivity index (χ1n) is 4.77. The fourth-order valence-electron chi connectivity index (χ4n) is 1.40. The van der Waals surface area contributed by atoms with Gasteiger partial charge in [0, 0.05) is 5.69 Å². The molecule has 2 unspecified atom stereocenters. The van der Waals surface area contributed by atoms with Crippen molar-refractivity contribution in [2.75, 3.05) is 12.8 Å². The van der Waals surface area contributed by atoms with Crippen molar-refractivity contribution in [1.82, 2.24) is 0 Å². The van der Waals surface area contributed by atoms with E-state index in [-0.39, 0.29) is 0 Å². The second-order valence-electron chi connectivity index (χ2n) is 3.53. The van der Waals surface area contributed by atoms with Gasteiger partial charge < -0.3 is 20.7 Å². The van der Waals surface area contributed by atoms with E-state index in [1.54, 1.807) is 19.1 Å². The Morgan fingerprint density at radius 3 is 2.62 bits per heavy atom. The highest BCUT2D eigenvalue weighted by molar-refractivity contribution is 5.75. The summed E-state index contributed by atoms with van der Waals surface area (Å²) < 4.78 is 4.34. The number of methoxy groups -OCH3 is 1. The SMILES string of the molecule is COC(=O)C(O)C(O)c1cc(N)ccc1C. The summed E-state index contributed by atoms with van der Waals surface area (Å²) in [7, 11) is 1.14. The summed E-state index contributed by atoms with van der Waals surface area (Å²) in [6, 6.07) is 4.90. The van der Waals surface area contributed by atoms with Crippen molar-refractivity contribution in [3.05, 3.63) is 29.3 Å². The van der Waals surface area contributed by atoms with Gasteiger partial charge in [-0.05, 0) is 30.2 Å². The highest BCUT2D eigenvalue weighted by Crippen LogP contribution is 2.23. The molecule has 0 amide bonds. The predicted octanol–water partition coefficient (Wildman–Crippen LogP) is 0.145. The minimum atomic E-state index is -1.61. The lowest BCUT2D eigenvalue weighted by molar-refractivity contribution is -0.156. The van der Waals surface area contributed by atoms with Crippen LogP contribution < -0.4 is 5.73 Å². The lowest BCUT2D eigenvalue weighted by atomic mass is 9.99. The third-order valence-corrected chi connectivity index (χ3v) is 2.36. The van der Waals surface area contributed by atoms with E-state index in [1.807, 2.05) is 0 Å². The van der Waals surface area contributed by atoms with Gasteiger partial charge in [-0.3, -0.25) is 0 Å². The molecule has 1 aromatic rings. The molecule has 0 aliphatic carbocycles. The summed E-state index contributed by atoms with van der Waals surface area (Å²) in [5.74, 6) is -0.880. The number of esters is 1. The van der Waals surface area contributed by atoms with Gasteiger partial charge in [-0.15, -0.1) is 0 Å². The Balaban J connectivity index is 2.99. The molecule has 1 aromatic carbocycles. The quantitative estimate of drug-likeness (QED) is 0.503. The van der Waals surface area contributed by atoms with Gasteiger partial charge in [0.05, 0.1) is 7.11 Å². The Bertz CT molecular complexity index is 392.